The predicted octanol–water partition coefficient (Wildman–Crippen LogP) is 3.02. The van der Waals surface area contributed by atoms with E-state index >= 15 is 0 Å². The van der Waals surface area contributed by atoms with Gasteiger partial charge in [0.2, 0.25) is 0 Å². The number of aliphatic hydroxyl groups excluding tert-OH is 1. The molecule has 1 atom stereocenters. The lowest BCUT2D eigenvalue weighted by molar-refractivity contribution is 0.0473. The first-order valence-electron chi connectivity index (χ1n) is 9.54. The summed E-state index contributed by atoms with van der Waals surface area (Å²) in [4.78, 5) is 26.3. The van der Waals surface area contributed by atoms with Crippen molar-refractivity contribution in [2.24, 2.45) is 0 Å². The zero-order chi connectivity index (χ0) is 19.4. The predicted molar refractivity (Wildman–Crippen MR) is 101 cm³/mol. The molecule has 6 nitrogen and oxygen atoms in total. The molecule has 0 bridgehead atoms. The maximum atomic E-state index is 12.6. The zero-order valence-electron chi connectivity index (χ0n) is 15.9. The molecule has 0 unspecified atom stereocenters. The number of amides is 1. The van der Waals surface area contributed by atoms with Crippen LogP contribution >= 0.6 is 0 Å². The average molecular weight is 370 g/mol. The lowest BCUT2D eigenvalue weighted by atomic mass is 10.0. The Bertz CT molecular complexity index is 810. The van der Waals surface area contributed by atoms with E-state index < -0.39 is 6.10 Å². The first kappa shape index (κ1) is 19.3. The maximum Gasteiger partial charge on any atom is 0.253 e. The Hall–Kier alpha value is -2.47. The van der Waals surface area contributed by atoms with Crippen molar-refractivity contribution in [3.05, 3.63) is 52.4 Å². The molecule has 1 N–H and O–H groups in total. The van der Waals surface area contributed by atoms with Crippen molar-refractivity contribution in [1.29, 1.82) is 0 Å². The van der Waals surface area contributed by atoms with E-state index in [2.05, 4.69) is 5.16 Å². The third-order valence-corrected chi connectivity index (χ3v) is 4.92. The van der Waals surface area contributed by atoms with Crippen LogP contribution in [0.4, 0.5) is 0 Å². The van der Waals surface area contributed by atoms with Crippen molar-refractivity contribution in [1.82, 2.24) is 10.1 Å². The number of β-amino-alcohol motifs (C(OH)–C–C–N with tert-alkyl or cyclic N) is 1. The first-order chi connectivity index (χ1) is 13.0. The van der Waals surface area contributed by atoms with Crippen molar-refractivity contribution in [3.8, 4) is 0 Å². The quantitative estimate of drug-likeness (QED) is 0.790. The number of ketones is 1. The monoisotopic (exact) mass is 370 g/mol. The maximum absolute atomic E-state index is 12.6. The number of likely N-dealkylation sites (tertiary alicyclic amines) is 1. The second kappa shape index (κ2) is 8.48. The molecular formula is C21H26N2O4. The molecular weight excluding hydrogens is 344 g/mol. The topological polar surface area (TPSA) is 83.6 Å². The van der Waals surface area contributed by atoms with E-state index in [0.717, 1.165) is 30.5 Å². The summed E-state index contributed by atoms with van der Waals surface area (Å²) < 4.78 is 5.42. The van der Waals surface area contributed by atoms with E-state index in [9.17, 15) is 14.7 Å². The number of aromatic nitrogens is 1. The zero-order valence-corrected chi connectivity index (χ0v) is 15.9. The molecule has 1 aromatic carbocycles. The number of carbonyl (C=O) groups is 2. The molecule has 0 aliphatic carbocycles. The third-order valence-electron chi connectivity index (χ3n) is 4.92. The number of piperidine rings is 1. The van der Waals surface area contributed by atoms with Crippen molar-refractivity contribution >= 4 is 11.7 Å². The number of rotatable bonds is 6. The highest BCUT2D eigenvalue weighted by molar-refractivity contribution is 5.96. The minimum Gasteiger partial charge on any atom is -0.391 e. The van der Waals surface area contributed by atoms with Gasteiger partial charge in [0.25, 0.3) is 5.91 Å². The lowest BCUT2D eigenvalue weighted by Crippen LogP contribution is -2.42. The molecule has 27 heavy (non-hydrogen) atoms. The SMILES string of the molecule is CCCc1noc(Cc2ccc(C(=O)N3CCC[C@H](O)C3)cc2)c1C(C)=O. The molecule has 144 valence electrons. The Kier molecular flexibility index (Phi) is 6.06. The van der Waals surface area contributed by atoms with Crippen molar-refractivity contribution in [3.63, 3.8) is 0 Å². The molecule has 0 saturated carbocycles. The van der Waals surface area contributed by atoms with Gasteiger partial charge >= 0.3 is 0 Å². The molecule has 0 spiro atoms. The Morgan fingerprint density at radius 3 is 2.67 bits per heavy atom. The van der Waals surface area contributed by atoms with Gasteiger partial charge in [0.05, 0.1) is 17.4 Å². The normalized spacial score (nSPS) is 17.1. The fourth-order valence-corrected chi connectivity index (χ4v) is 3.56. The molecule has 0 radical (unpaired) electrons. The van der Waals surface area contributed by atoms with Crippen LogP contribution in [0.2, 0.25) is 0 Å². The lowest BCUT2D eigenvalue weighted by Gasteiger charge is -2.30. The summed E-state index contributed by atoms with van der Waals surface area (Å²) in [6, 6.07) is 7.32. The van der Waals surface area contributed by atoms with E-state index in [-0.39, 0.29) is 11.7 Å². The second-order valence-corrected chi connectivity index (χ2v) is 7.15. The molecule has 1 saturated heterocycles. The van der Waals surface area contributed by atoms with Crippen molar-refractivity contribution in [2.45, 2.75) is 52.1 Å². The van der Waals surface area contributed by atoms with Gasteiger partial charge in [-0.2, -0.15) is 0 Å². The highest BCUT2D eigenvalue weighted by Gasteiger charge is 2.23. The molecule has 3 rings (SSSR count). The summed E-state index contributed by atoms with van der Waals surface area (Å²) in [7, 11) is 0. The number of hydrogen-bond acceptors (Lipinski definition) is 5. The summed E-state index contributed by atoms with van der Waals surface area (Å²) in [6.07, 6.45) is 3.21. The van der Waals surface area contributed by atoms with E-state index in [4.69, 9.17) is 4.52 Å². The number of hydrogen-bond donors (Lipinski definition) is 1. The Balaban J connectivity index is 1.73. The Morgan fingerprint density at radius 1 is 1.30 bits per heavy atom. The number of nitrogens with zero attached hydrogens (tertiary/aromatic N) is 2. The third kappa shape index (κ3) is 4.45. The van der Waals surface area contributed by atoms with E-state index in [1.54, 1.807) is 17.0 Å². The first-order valence-corrected chi connectivity index (χ1v) is 9.54. The minimum atomic E-state index is -0.434. The molecule has 2 aromatic rings. The largest absolute Gasteiger partial charge is 0.391 e. The summed E-state index contributed by atoms with van der Waals surface area (Å²) in [5.74, 6) is 0.476. The van der Waals surface area contributed by atoms with Gasteiger partial charge in [-0.25, -0.2) is 0 Å². The van der Waals surface area contributed by atoms with Crippen LogP contribution in [0, 0.1) is 0 Å². The standard InChI is InChI=1S/C21H26N2O4/c1-3-5-18-20(14(2)24)19(27-22-18)12-15-7-9-16(10-8-15)21(26)23-11-4-6-17(25)13-23/h7-10,17,25H,3-6,11-13H2,1-2H3/t17-/m0/s1. The van der Waals surface area contributed by atoms with Gasteiger partial charge in [-0.3, -0.25) is 9.59 Å². The number of aliphatic hydroxyl groups is 1. The molecule has 2 heterocycles. The van der Waals surface area contributed by atoms with Crippen LogP contribution in [0.15, 0.2) is 28.8 Å². The van der Waals surface area contributed by atoms with E-state index in [0.29, 0.717) is 42.8 Å². The van der Waals surface area contributed by atoms with Gasteiger partial charge in [0, 0.05) is 25.1 Å². The smallest absolute Gasteiger partial charge is 0.253 e. The van der Waals surface area contributed by atoms with Crippen molar-refractivity contribution in [2.75, 3.05) is 13.1 Å². The van der Waals surface area contributed by atoms with Gasteiger partial charge in [0.15, 0.2) is 11.5 Å². The van der Waals surface area contributed by atoms with Gasteiger partial charge in [-0.05, 0) is 43.9 Å². The van der Waals surface area contributed by atoms with Gasteiger partial charge in [0.1, 0.15) is 0 Å². The Morgan fingerprint density at radius 2 is 2.04 bits per heavy atom. The number of benzene rings is 1. The summed E-state index contributed by atoms with van der Waals surface area (Å²) >= 11 is 0. The van der Waals surface area contributed by atoms with Gasteiger partial charge < -0.3 is 14.5 Å². The van der Waals surface area contributed by atoms with Crippen LogP contribution in [0.25, 0.3) is 0 Å². The van der Waals surface area contributed by atoms with Gasteiger partial charge in [-0.15, -0.1) is 0 Å². The summed E-state index contributed by atoms with van der Waals surface area (Å²) in [5.41, 5.74) is 2.85. The number of aryl methyl sites for hydroxylation is 1. The molecule has 1 fully saturated rings. The van der Waals surface area contributed by atoms with Crippen LogP contribution in [0.5, 0.6) is 0 Å². The number of Topliss-reactive ketones (excluding diaryl/α,β-unsaturated/α-hetero) is 1. The van der Waals surface area contributed by atoms with Gasteiger partial charge in [-0.1, -0.05) is 30.6 Å². The fraction of sp³-hybridized carbons (Fsp3) is 0.476. The van der Waals surface area contributed by atoms with Crippen LogP contribution in [0.3, 0.4) is 0 Å². The van der Waals surface area contributed by atoms with Crippen LogP contribution in [-0.4, -0.2) is 46.0 Å². The highest BCUT2D eigenvalue weighted by Crippen LogP contribution is 2.21. The minimum absolute atomic E-state index is 0.0369. The van der Waals surface area contributed by atoms with E-state index in [1.165, 1.54) is 6.92 Å². The summed E-state index contributed by atoms with van der Waals surface area (Å²) in [5, 5.41) is 13.8. The van der Waals surface area contributed by atoms with Crippen LogP contribution < -0.4 is 0 Å². The van der Waals surface area contributed by atoms with Crippen molar-refractivity contribution < 1.29 is 19.2 Å². The summed E-state index contributed by atoms with van der Waals surface area (Å²) in [6.45, 7) is 4.64. The number of carbonyl (C=O) groups excluding carboxylic acids is 2. The molecule has 1 amide bonds. The second-order valence-electron chi connectivity index (χ2n) is 7.15. The fourth-order valence-electron chi connectivity index (χ4n) is 3.56. The molecule has 1 aliphatic rings. The average Bonchev–Trinajstić information content (AvgIpc) is 3.04. The van der Waals surface area contributed by atoms with Crippen LogP contribution in [-0.2, 0) is 12.8 Å². The highest BCUT2D eigenvalue weighted by atomic mass is 16.5. The van der Waals surface area contributed by atoms with E-state index in [1.807, 2.05) is 19.1 Å². The Labute approximate surface area is 159 Å². The molecule has 1 aromatic heterocycles. The van der Waals surface area contributed by atoms with Crippen LogP contribution in [0.1, 0.15) is 70.8 Å². The molecule has 6 heteroatoms. The molecule has 1 aliphatic heterocycles.